The van der Waals surface area contributed by atoms with Gasteiger partial charge < -0.3 is 10.5 Å². The number of rotatable bonds is 7. The van der Waals surface area contributed by atoms with Crippen LogP contribution in [0.2, 0.25) is 0 Å². The van der Waals surface area contributed by atoms with Crippen molar-refractivity contribution in [2.45, 2.75) is 58.5 Å². The van der Waals surface area contributed by atoms with E-state index in [2.05, 4.69) is 25.7 Å². The second-order valence-electron chi connectivity index (χ2n) is 6.09. The van der Waals surface area contributed by atoms with E-state index in [0.29, 0.717) is 18.0 Å². The first kappa shape index (κ1) is 15.9. The Bertz CT molecular complexity index is 223. The molecule has 18 heavy (non-hydrogen) atoms. The molecule has 3 heteroatoms. The monoisotopic (exact) mass is 256 g/mol. The number of hydrogen-bond donors (Lipinski definition) is 1. The van der Waals surface area contributed by atoms with Crippen molar-refractivity contribution in [2.24, 2.45) is 17.6 Å². The average Bonchev–Trinajstić information content (AvgIpc) is 2.37. The summed E-state index contributed by atoms with van der Waals surface area (Å²) in [6, 6.07) is 1.03. The van der Waals surface area contributed by atoms with E-state index in [1.165, 1.54) is 25.7 Å². The Kier molecular flexibility index (Phi) is 7.20. The predicted molar refractivity (Wildman–Crippen MR) is 77.7 cm³/mol. The molecule has 0 aromatic carbocycles. The maximum absolute atomic E-state index is 6.30. The third-order valence-corrected chi connectivity index (χ3v) is 4.57. The first-order valence-corrected chi connectivity index (χ1v) is 7.57. The molecule has 0 aromatic rings. The third-order valence-electron chi connectivity index (χ3n) is 4.57. The molecule has 1 aliphatic carbocycles. The summed E-state index contributed by atoms with van der Waals surface area (Å²) in [7, 11) is 1.78. The molecule has 0 aromatic heterocycles. The van der Waals surface area contributed by atoms with Gasteiger partial charge in [-0.2, -0.15) is 0 Å². The Labute approximate surface area is 113 Å². The zero-order valence-corrected chi connectivity index (χ0v) is 12.7. The molecule has 1 rings (SSSR count). The summed E-state index contributed by atoms with van der Waals surface area (Å²) in [5.74, 6) is 1.51. The fourth-order valence-electron chi connectivity index (χ4n) is 2.99. The minimum atomic E-state index is 0.398. The molecule has 3 nitrogen and oxygen atoms in total. The third kappa shape index (κ3) is 4.87. The highest BCUT2D eigenvalue weighted by molar-refractivity contribution is 4.84. The number of nitrogens with two attached hydrogens (primary N) is 1. The zero-order chi connectivity index (χ0) is 13.5. The van der Waals surface area contributed by atoms with Gasteiger partial charge >= 0.3 is 0 Å². The van der Waals surface area contributed by atoms with Crippen LogP contribution < -0.4 is 5.73 Å². The molecule has 1 fully saturated rings. The van der Waals surface area contributed by atoms with Gasteiger partial charge in [0.1, 0.15) is 0 Å². The maximum Gasteiger partial charge on any atom is 0.0589 e. The van der Waals surface area contributed by atoms with Crippen molar-refractivity contribution >= 4 is 0 Å². The van der Waals surface area contributed by atoms with Crippen LogP contribution in [0.3, 0.4) is 0 Å². The quantitative estimate of drug-likeness (QED) is 0.760. The summed E-state index contributed by atoms with van der Waals surface area (Å²) >= 11 is 0. The van der Waals surface area contributed by atoms with Crippen molar-refractivity contribution in [1.82, 2.24) is 4.90 Å². The highest BCUT2D eigenvalue weighted by atomic mass is 16.5. The molecule has 0 heterocycles. The molecule has 1 saturated carbocycles. The zero-order valence-electron chi connectivity index (χ0n) is 12.7. The molecule has 2 N–H and O–H groups in total. The number of ether oxygens (including phenoxy) is 1. The van der Waals surface area contributed by atoms with Crippen LogP contribution >= 0.6 is 0 Å². The fraction of sp³-hybridized carbons (Fsp3) is 1.00. The van der Waals surface area contributed by atoms with Crippen LogP contribution in [0.4, 0.5) is 0 Å². The van der Waals surface area contributed by atoms with Crippen LogP contribution in [-0.4, -0.2) is 43.8 Å². The minimum absolute atomic E-state index is 0.398. The smallest absolute Gasteiger partial charge is 0.0589 e. The number of hydrogen-bond acceptors (Lipinski definition) is 3. The lowest BCUT2D eigenvalue weighted by atomic mass is 9.79. The summed E-state index contributed by atoms with van der Waals surface area (Å²) in [5, 5.41) is 0. The first-order chi connectivity index (χ1) is 8.58. The molecule has 108 valence electrons. The minimum Gasteiger partial charge on any atom is -0.383 e. The van der Waals surface area contributed by atoms with Gasteiger partial charge in [-0.05, 0) is 44.4 Å². The average molecular weight is 256 g/mol. The van der Waals surface area contributed by atoms with Crippen molar-refractivity contribution in [3.8, 4) is 0 Å². The van der Waals surface area contributed by atoms with E-state index in [1.807, 2.05) is 0 Å². The summed E-state index contributed by atoms with van der Waals surface area (Å²) in [5.41, 5.74) is 6.30. The van der Waals surface area contributed by atoms with E-state index >= 15 is 0 Å². The Hall–Kier alpha value is -0.120. The number of methoxy groups -OCH3 is 1. The summed E-state index contributed by atoms with van der Waals surface area (Å²) in [4.78, 5) is 2.56. The van der Waals surface area contributed by atoms with E-state index < -0.39 is 0 Å². The van der Waals surface area contributed by atoms with Crippen LogP contribution in [-0.2, 0) is 4.74 Å². The van der Waals surface area contributed by atoms with Crippen molar-refractivity contribution < 1.29 is 4.74 Å². The van der Waals surface area contributed by atoms with Gasteiger partial charge in [0.25, 0.3) is 0 Å². The molecule has 0 radical (unpaired) electrons. The van der Waals surface area contributed by atoms with Gasteiger partial charge in [0, 0.05) is 32.3 Å². The summed E-state index contributed by atoms with van der Waals surface area (Å²) in [6.07, 6.45) is 4.99. The van der Waals surface area contributed by atoms with E-state index in [4.69, 9.17) is 10.5 Å². The molecule has 0 spiro atoms. The van der Waals surface area contributed by atoms with E-state index in [1.54, 1.807) is 7.11 Å². The van der Waals surface area contributed by atoms with Crippen LogP contribution in [0, 0.1) is 11.8 Å². The van der Waals surface area contributed by atoms with Crippen LogP contribution in [0.5, 0.6) is 0 Å². The molecule has 1 aliphatic rings. The topological polar surface area (TPSA) is 38.5 Å². The molecule has 0 bridgehead atoms. The molecule has 0 saturated heterocycles. The fourth-order valence-corrected chi connectivity index (χ4v) is 2.99. The highest BCUT2D eigenvalue weighted by Crippen LogP contribution is 2.29. The number of nitrogens with zero attached hydrogens (tertiary/aromatic N) is 1. The van der Waals surface area contributed by atoms with Crippen LogP contribution in [0.1, 0.15) is 46.5 Å². The van der Waals surface area contributed by atoms with Gasteiger partial charge in [-0.1, -0.05) is 13.8 Å². The lowest BCUT2D eigenvalue weighted by molar-refractivity contribution is 0.0904. The van der Waals surface area contributed by atoms with E-state index in [0.717, 1.165) is 25.6 Å². The van der Waals surface area contributed by atoms with Crippen molar-refractivity contribution in [3.05, 3.63) is 0 Å². The van der Waals surface area contributed by atoms with Crippen LogP contribution in [0.15, 0.2) is 0 Å². The first-order valence-electron chi connectivity index (χ1n) is 7.57. The van der Waals surface area contributed by atoms with Gasteiger partial charge in [0.15, 0.2) is 0 Å². The highest BCUT2D eigenvalue weighted by Gasteiger charge is 2.28. The Morgan fingerprint density at radius 3 is 2.72 bits per heavy atom. The predicted octanol–water partition coefficient (Wildman–Crippen LogP) is 2.50. The van der Waals surface area contributed by atoms with Crippen molar-refractivity contribution in [1.29, 1.82) is 0 Å². The van der Waals surface area contributed by atoms with Gasteiger partial charge in [-0.3, -0.25) is 4.90 Å². The van der Waals surface area contributed by atoms with E-state index in [9.17, 15) is 0 Å². The van der Waals surface area contributed by atoms with E-state index in [-0.39, 0.29) is 0 Å². The van der Waals surface area contributed by atoms with Gasteiger partial charge in [0.05, 0.1) is 6.61 Å². The summed E-state index contributed by atoms with van der Waals surface area (Å²) in [6.45, 7) is 9.93. The van der Waals surface area contributed by atoms with Gasteiger partial charge in [-0.25, -0.2) is 0 Å². The van der Waals surface area contributed by atoms with Gasteiger partial charge in [-0.15, -0.1) is 0 Å². The van der Waals surface area contributed by atoms with Crippen molar-refractivity contribution in [3.63, 3.8) is 0 Å². The SMILES string of the molecule is CCC(C)N(CCOC)CC1CC(C)CCC1N. The molecule has 4 atom stereocenters. The lowest BCUT2D eigenvalue weighted by Crippen LogP contribution is -2.46. The lowest BCUT2D eigenvalue weighted by Gasteiger charge is -2.38. The normalized spacial score (nSPS) is 30.7. The van der Waals surface area contributed by atoms with Crippen molar-refractivity contribution in [2.75, 3.05) is 26.8 Å². The van der Waals surface area contributed by atoms with Gasteiger partial charge in [0.2, 0.25) is 0 Å². The molecule has 0 amide bonds. The Morgan fingerprint density at radius 2 is 2.11 bits per heavy atom. The molecular weight excluding hydrogens is 224 g/mol. The van der Waals surface area contributed by atoms with Crippen LogP contribution in [0.25, 0.3) is 0 Å². The maximum atomic E-state index is 6.30. The Morgan fingerprint density at radius 1 is 1.39 bits per heavy atom. The largest absolute Gasteiger partial charge is 0.383 e. The second kappa shape index (κ2) is 8.13. The molecular formula is C15H32N2O. The summed E-state index contributed by atoms with van der Waals surface area (Å²) < 4.78 is 5.23. The Balaban J connectivity index is 2.51. The standard InChI is InChI=1S/C15H32N2O/c1-5-13(3)17(8-9-18-4)11-14-10-12(2)6-7-15(14)16/h12-15H,5-11,16H2,1-4H3. The molecule has 4 unspecified atom stereocenters. The second-order valence-corrected chi connectivity index (χ2v) is 6.09. The molecule has 0 aliphatic heterocycles.